The summed E-state index contributed by atoms with van der Waals surface area (Å²) < 4.78 is 1.85. The molecule has 0 radical (unpaired) electrons. The summed E-state index contributed by atoms with van der Waals surface area (Å²) in [5, 5.41) is 16.2. The Morgan fingerprint density at radius 3 is 2.86 bits per heavy atom. The maximum Gasteiger partial charge on any atom is 0.0758 e. The Labute approximate surface area is 84.9 Å². The third kappa shape index (κ3) is 2.73. The number of nitrogens with zero attached hydrogens (tertiary/aromatic N) is 2. The summed E-state index contributed by atoms with van der Waals surface area (Å²) in [7, 11) is 1.93. The first-order valence-corrected chi connectivity index (χ1v) is 5.01. The number of anilines is 1. The van der Waals surface area contributed by atoms with Crippen LogP contribution >= 0.6 is 0 Å². The first-order valence-electron chi connectivity index (χ1n) is 5.01. The van der Waals surface area contributed by atoms with Crippen LogP contribution in [0.25, 0.3) is 0 Å². The van der Waals surface area contributed by atoms with Gasteiger partial charge in [0.05, 0.1) is 17.6 Å². The van der Waals surface area contributed by atoms with Gasteiger partial charge in [0.25, 0.3) is 0 Å². The van der Waals surface area contributed by atoms with Crippen LogP contribution in [0.1, 0.15) is 25.5 Å². The van der Waals surface area contributed by atoms with Crippen molar-refractivity contribution in [2.45, 2.75) is 32.7 Å². The lowest BCUT2D eigenvalue weighted by Gasteiger charge is -2.13. The van der Waals surface area contributed by atoms with E-state index in [1.54, 1.807) is 0 Å². The van der Waals surface area contributed by atoms with Gasteiger partial charge in [0.2, 0.25) is 0 Å². The number of aliphatic hydroxyl groups is 1. The molecule has 1 heterocycles. The number of rotatable bonds is 5. The molecule has 0 amide bonds. The molecule has 0 bridgehead atoms. The van der Waals surface area contributed by atoms with Crippen LogP contribution in [-0.4, -0.2) is 27.5 Å². The average molecular weight is 197 g/mol. The number of aliphatic hydroxyl groups excluding tert-OH is 1. The van der Waals surface area contributed by atoms with E-state index in [0.717, 1.165) is 24.2 Å². The van der Waals surface area contributed by atoms with E-state index in [1.807, 2.05) is 24.9 Å². The highest BCUT2D eigenvalue weighted by molar-refractivity contribution is 5.46. The fraction of sp³-hybridized carbons (Fsp3) is 0.700. The third-order valence-electron chi connectivity index (χ3n) is 2.43. The zero-order chi connectivity index (χ0) is 10.6. The van der Waals surface area contributed by atoms with Gasteiger partial charge in [0.15, 0.2) is 0 Å². The van der Waals surface area contributed by atoms with Crippen molar-refractivity contribution in [1.82, 2.24) is 9.78 Å². The highest BCUT2D eigenvalue weighted by Gasteiger charge is 2.06. The fourth-order valence-electron chi connectivity index (χ4n) is 1.38. The maximum atomic E-state index is 8.70. The Hall–Kier alpha value is -1.03. The maximum absolute atomic E-state index is 8.70. The predicted molar refractivity (Wildman–Crippen MR) is 57.3 cm³/mol. The van der Waals surface area contributed by atoms with E-state index in [-0.39, 0.29) is 6.61 Å². The summed E-state index contributed by atoms with van der Waals surface area (Å²) >= 11 is 0. The molecule has 0 aliphatic rings. The van der Waals surface area contributed by atoms with Gasteiger partial charge in [-0.15, -0.1) is 0 Å². The third-order valence-corrected chi connectivity index (χ3v) is 2.43. The minimum atomic E-state index is 0.262. The van der Waals surface area contributed by atoms with Gasteiger partial charge in [0, 0.05) is 19.7 Å². The van der Waals surface area contributed by atoms with Crippen LogP contribution in [0.2, 0.25) is 0 Å². The lowest BCUT2D eigenvalue weighted by molar-refractivity contribution is 0.282. The van der Waals surface area contributed by atoms with Gasteiger partial charge in [-0.3, -0.25) is 4.68 Å². The summed E-state index contributed by atoms with van der Waals surface area (Å²) in [6.07, 6.45) is 3.66. The van der Waals surface area contributed by atoms with E-state index < -0.39 is 0 Å². The molecule has 4 heteroatoms. The van der Waals surface area contributed by atoms with E-state index >= 15 is 0 Å². The number of nitrogens with one attached hydrogen (secondary N) is 1. The average Bonchev–Trinajstić information content (AvgIpc) is 2.46. The van der Waals surface area contributed by atoms with Crippen molar-refractivity contribution >= 4 is 5.69 Å². The van der Waals surface area contributed by atoms with Gasteiger partial charge in [-0.1, -0.05) is 0 Å². The van der Waals surface area contributed by atoms with Crippen molar-refractivity contribution in [3.63, 3.8) is 0 Å². The fourth-order valence-corrected chi connectivity index (χ4v) is 1.38. The van der Waals surface area contributed by atoms with Crippen LogP contribution in [-0.2, 0) is 7.05 Å². The van der Waals surface area contributed by atoms with Gasteiger partial charge in [0.1, 0.15) is 0 Å². The highest BCUT2D eigenvalue weighted by Crippen LogP contribution is 2.14. The summed E-state index contributed by atoms with van der Waals surface area (Å²) in [6, 6.07) is 0.380. The summed E-state index contributed by atoms with van der Waals surface area (Å²) in [6.45, 7) is 4.41. The highest BCUT2D eigenvalue weighted by atomic mass is 16.2. The molecule has 4 nitrogen and oxygen atoms in total. The Morgan fingerprint density at radius 2 is 2.36 bits per heavy atom. The summed E-state index contributed by atoms with van der Waals surface area (Å²) in [5.74, 6) is 0. The molecular weight excluding hydrogens is 178 g/mol. The lowest BCUT2D eigenvalue weighted by Crippen LogP contribution is -2.15. The van der Waals surface area contributed by atoms with E-state index in [0.29, 0.717) is 6.04 Å². The lowest BCUT2D eigenvalue weighted by atomic mass is 10.2. The zero-order valence-corrected chi connectivity index (χ0v) is 9.12. The normalized spacial score (nSPS) is 12.9. The van der Waals surface area contributed by atoms with Crippen LogP contribution in [0.3, 0.4) is 0 Å². The standard InChI is InChI=1S/C10H19N3O/c1-8(5-4-6-14)12-10-7-11-13(3)9(10)2/h7-8,12,14H,4-6H2,1-3H3. The van der Waals surface area contributed by atoms with Gasteiger partial charge in [-0.05, 0) is 26.7 Å². The van der Waals surface area contributed by atoms with Crippen molar-refractivity contribution < 1.29 is 5.11 Å². The monoisotopic (exact) mass is 197 g/mol. The number of aryl methyl sites for hydroxylation is 1. The Kier molecular flexibility index (Phi) is 3.95. The largest absolute Gasteiger partial charge is 0.396 e. The van der Waals surface area contributed by atoms with Gasteiger partial charge >= 0.3 is 0 Å². The van der Waals surface area contributed by atoms with Crippen molar-refractivity contribution in [1.29, 1.82) is 0 Å². The van der Waals surface area contributed by atoms with Crippen LogP contribution in [0.15, 0.2) is 6.20 Å². The van der Waals surface area contributed by atoms with Crippen molar-refractivity contribution in [3.8, 4) is 0 Å². The summed E-state index contributed by atoms with van der Waals surface area (Å²) in [4.78, 5) is 0. The second kappa shape index (κ2) is 5.00. The van der Waals surface area contributed by atoms with Gasteiger partial charge < -0.3 is 10.4 Å². The number of hydrogen-bond donors (Lipinski definition) is 2. The van der Waals surface area contributed by atoms with Crippen molar-refractivity contribution in [2.24, 2.45) is 7.05 Å². The van der Waals surface area contributed by atoms with Gasteiger partial charge in [-0.25, -0.2) is 0 Å². The quantitative estimate of drug-likeness (QED) is 0.748. The molecule has 0 saturated heterocycles. The topological polar surface area (TPSA) is 50.1 Å². The molecule has 2 N–H and O–H groups in total. The molecule has 1 unspecified atom stereocenters. The molecule has 14 heavy (non-hydrogen) atoms. The van der Waals surface area contributed by atoms with E-state index in [2.05, 4.69) is 17.3 Å². The van der Waals surface area contributed by atoms with Crippen LogP contribution in [0, 0.1) is 6.92 Å². The van der Waals surface area contributed by atoms with E-state index in [4.69, 9.17) is 5.11 Å². The second-order valence-corrected chi connectivity index (χ2v) is 3.68. The minimum absolute atomic E-state index is 0.262. The molecule has 0 spiro atoms. The second-order valence-electron chi connectivity index (χ2n) is 3.68. The minimum Gasteiger partial charge on any atom is -0.396 e. The molecule has 0 aliphatic heterocycles. The molecule has 1 rings (SSSR count). The van der Waals surface area contributed by atoms with Crippen LogP contribution in [0.5, 0.6) is 0 Å². The van der Waals surface area contributed by atoms with Crippen molar-refractivity contribution in [2.75, 3.05) is 11.9 Å². The first-order chi connectivity index (χ1) is 6.65. The number of aromatic nitrogens is 2. The Balaban J connectivity index is 2.47. The van der Waals surface area contributed by atoms with E-state index in [1.165, 1.54) is 0 Å². The molecule has 0 fully saturated rings. The Morgan fingerprint density at radius 1 is 1.64 bits per heavy atom. The molecule has 1 aromatic rings. The molecular formula is C10H19N3O. The smallest absolute Gasteiger partial charge is 0.0758 e. The Bertz CT molecular complexity index is 283. The molecule has 0 saturated carbocycles. The van der Waals surface area contributed by atoms with Crippen molar-refractivity contribution in [3.05, 3.63) is 11.9 Å². The SMILES string of the molecule is Cc1c(NC(C)CCCO)cnn1C. The van der Waals surface area contributed by atoms with E-state index in [9.17, 15) is 0 Å². The summed E-state index contributed by atoms with van der Waals surface area (Å²) in [5.41, 5.74) is 2.22. The predicted octanol–water partition coefficient (Wildman–Crippen LogP) is 1.30. The molecule has 80 valence electrons. The first kappa shape index (κ1) is 11.0. The molecule has 1 atom stereocenters. The molecule has 1 aromatic heterocycles. The van der Waals surface area contributed by atoms with Crippen LogP contribution in [0.4, 0.5) is 5.69 Å². The van der Waals surface area contributed by atoms with Crippen LogP contribution < -0.4 is 5.32 Å². The zero-order valence-electron chi connectivity index (χ0n) is 9.12. The molecule has 0 aromatic carbocycles. The molecule has 0 aliphatic carbocycles. The number of hydrogen-bond acceptors (Lipinski definition) is 3. The van der Waals surface area contributed by atoms with Gasteiger partial charge in [-0.2, -0.15) is 5.10 Å².